The van der Waals surface area contributed by atoms with Crippen molar-refractivity contribution in [1.29, 1.82) is 0 Å². The van der Waals surface area contributed by atoms with Crippen LogP contribution in [0.3, 0.4) is 0 Å². The highest BCUT2D eigenvalue weighted by Crippen LogP contribution is 2.17. The third-order valence-electron chi connectivity index (χ3n) is 2.82. The van der Waals surface area contributed by atoms with Gasteiger partial charge in [0.25, 0.3) is 0 Å². The van der Waals surface area contributed by atoms with Gasteiger partial charge in [-0.1, -0.05) is 54.1 Å². The first kappa shape index (κ1) is 14.2. The lowest BCUT2D eigenvalue weighted by atomic mass is 9.98. The van der Waals surface area contributed by atoms with Crippen molar-refractivity contribution in [1.82, 2.24) is 0 Å². The Hall–Kier alpha value is -2.19. The van der Waals surface area contributed by atoms with Gasteiger partial charge >= 0.3 is 0 Å². The van der Waals surface area contributed by atoms with Crippen LogP contribution in [0.1, 0.15) is 22.8 Å². The molecule has 2 nitrogen and oxygen atoms in total. The number of carbonyl (C=O) groups excluding carboxylic acids is 2. The molecule has 0 aliphatic rings. The van der Waals surface area contributed by atoms with Gasteiger partial charge in [-0.25, -0.2) is 0 Å². The predicted molar refractivity (Wildman–Crippen MR) is 80.9 cm³/mol. The Bertz CT molecular complexity index is 672. The van der Waals surface area contributed by atoms with Crippen LogP contribution < -0.4 is 0 Å². The predicted octanol–water partition coefficient (Wildman–Crippen LogP) is 4.20. The van der Waals surface area contributed by atoms with Crippen molar-refractivity contribution >= 4 is 29.2 Å². The van der Waals surface area contributed by atoms with E-state index in [2.05, 4.69) is 0 Å². The van der Waals surface area contributed by atoms with Crippen molar-refractivity contribution in [2.45, 2.75) is 6.92 Å². The minimum atomic E-state index is -0.280. The number of halogens is 1. The number of hydrogen-bond donors (Lipinski definition) is 0. The molecule has 0 amide bonds. The minimum Gasteiger partial charge on any atom is -0.294 e. The van der Waals surface area contributed by atoms with Crippen molar-refractivity contribution in [3.05, 3.63) is 76.3 Å². The van der Waals surface area contributed by atoms with Gasteiger partial charge in [-0.05, 0) is 30.7 Å². The van der Waals surface area contributed by atoms with Gasteiger partial charge < -0.3 is 0 Å². The van der Waals surface area contributed by atoms with Crippen molar-refractivity contribution in [2.75, 3.05) is 0 Å². The second kappa shape index (κ2) is 6.31. The molecule has 2 aromatic carbocycles. The van der Waals surface area contributed by atoms with E-state index in [1.165, 1.54) is 6.92 Å². The summed E-state index contributed by atoms with van der Waals surface area (Å²) in [6.07, 6.45) is 1.57. The van der Waals surface area contributed by atoms with Gasteiger partial charge in [0.05, 0.1) is 5.57 Å². The Balaban J connectivity index is 2.42. The Kier molecular flexibility index (Phi) is 4.49. The van der Waals surface area contributed by atoms with Crippen LogP contribution in [-0.2, 0) is 4.79 Å². The summed E-state index contributed by atoms with van der Waals surface area (Å²) in [5, 5.41) is 0.564. The van der Waals surface area contributed by atoms with Gasteiger partial charge in [-0.3, -0.25) is 9.59 Å². The van der Waals surface area contributed by atoms with E-state index < -0.39 is 0 Å². The lowest BCUT2D eigenvalue weighted by Gasteiger charge is -2.04. The summed E-state index contributed by atoms with van der Waals surface area (Å²) in [7, 11) is 0. The van der Waals surface area contributed by atoms with Gasteiger partial charge in [0.1, 0.15) is 0 Å². The maximum Gasteiger partial charge on any atom is 0.196 e. The molecule has 3 heteroatoms. The summed E-state index contributed by atoms with van der Waals surface area (Å²) in [6.45, 7) is 1.39. The maximum atomic E-state index is 12.4. The largest absolute Gasteiger partial charge is 0.294 e. The highest BCUT2D eigenvalue weighted by Gasteiger charge is 2.16. The lowest BCUT2D eigenvalue weighted by molar-refractivity contribution is -0.113. The number of hydrogen-bond acceptors (Lipinski definition) is 2. The topological polar surface area (TPSA) is 34.1 Å². The van der Waals surface area contributed by atoms with E-state index in [-0.39, 0.29) is 17.1 Å². The van der Waals surface area contributed by atoms with E-state index >= 15 is 0 Å². The van der Waals surface area contributed by atoms with Crippen molar-refractivity contribution in [2.24, 2.45) is 0 Å². The third-order valence-corrected chi connectivity index (χ3v) is 3.05. The van der Waals surface area contributed by atoms with Gasteiger partial charge in [0.15, 0.2) is 11.6 Å². The highest BCUT2D eigenvalue weighted by molar-refractivity contribution is 6.31. The zero-order valence-electron chi connectivity index (χ0n) is 11.0. The second-order valence-corrected chi connectivity index (χ2v) is 4.80. The fraction of sp³-hybridized carbons (Fsp3) is 0.0588. The second-order valence-electron chi connectivity index (χ2n) is 4.36. The fourth-order valence-corrected chi connectivity index (χ4v) is 2.03. The molecule has 0 atom stereocenters. The molecule has 0 aliphatic heterocycles. The molecule has 0 fully saturated rings. The first-order chi connectivity index (χ1) is 9.58. The van der Waals surface area contributed by atoms with Crippen molar-refractivity contribution < 1.29 is 9.59 Å². The summed E-state index contributed by atoms with van der Waals surface area (Å²) >= 11 is 5.91. The molecule has 0 bridgehead atoms. The first-order valence-electron chi connectivity index (χ1n) is 6.16. The number of allylic oxidation sites excluding steroid dienone is 1. The number of ketones is 2. The molecule has 0 unspecified atom stereocenters. The summed E-state index contributed by atoms with van der Waals surface area (Å²) in [4.78, 5) is 24.1. The molecule has 2 rings (SSSR count). The quantitative estimate of drug-likeness (QED) is 0.365. The molecule has 0 saturated heterocycles. The summed E-state index contributed by atoms with van der Waals surface area (Å²) in [6, 6.07) is 15.8. The van der Waals surface area contributed by atoms with E-state index in [0.717, 1.165) is 5.56 Å². The Morgan fingerprint density at radius 2 is 1.70 bits per heavy atom. The van der Waals surface area contributed by atoms with E-state index in [1.807, 2.05) is 6.07 Å². The van der Waals surface area contributed by atoms with E-state index in [4.69, 9.17) is 11.6 Å². The molecule has 100 valence electrons. The molecule has 2 aromatic rings. The van der Waals surface area contributed by atoms with Crippen LogP contribution >= 0.6 is 11.6 Å². The Labute approximate surface area is 122 Å². The maximum absolute atomic E-state index is 12.4. The summed E-state index contributed by atoms with van der Waals surface area (Å²) in [5.41, 5.74) is 1.38. The van der Waals surface area contributed by atoms with Crippen LogP contribution in [0.4, 0.5) is 0 Å². The molecule has 20 heavy (non-hydrogen) atoms. The van der Waals surface area contributed by atoms with Crippen molar-refractivity contribution in [3.8, 4) is 0 Å². The van der Waals surface area contributed by atoms with Gasteiger partial charge in [-0.15, -0.1) is 0 Å². The molecule has 0 radical (unpaired) electrons. The third kappa shape index (κ3) is 3.43. The minimum absolute atomic E-state index is 0.151. The average molecular weight is 285 g/mol. The van der Waals surface area contributed by atoms with Crippen LogP contribution in [0.2, 0.25) is 5.02 Å². The molecule has 0 aliphatic carbocycles. The summed E-state index contributed by atoms with van der Waals surface area (Å²) in [5.74, 6) is -0.545. The van der Waals surface area contributed by atoms with Crippen LogP contribution in [0.15, 0.2) is 60.2 Å². The number of rotatable bonds is 4. The summed E-state index contributed by atoms with van der Waals surface area (Å²) < 4.78 is 0. The number of carbonyl (C=O) groups is 2. The standard InChI is InChI=1S/C17H13ClO2/c1-12(19)16(11-13-6-5-9-15(18)10-13)17(20)14-7-3-2-4-8-14/h2-11H,1H3. The average Bonchev–Trinajstić information content (AvgIpc) is 2.45. The van der Waals surface area contributed by atoms with Crippen molar-refractivity contribution in [3.63, 3.8) is 0 Å². The Morgan fingerprint density at radius 1 is 1.00 bits per heavy atom. The normalized spacial score (nSPS) is 11.2. The molecule has 0 N–H and O–H groups in total. The number of benzene rings is 2. The van der Waals surface area contributed by atoms with Crippen LogP contribution in [0, 0.1) is 0 Å². The highest BCUT2D eigenvalue weighted by atomic mass is 35.5. The fourth-order valence-electron chi connectivity index (χ4n) is 1.84. The number of Topliss-reactive ketones (excluding diaryl/α,β-unsaturated/α-hetero) is 2. The zero-order valence-corrected chi connectivity index (χ0v) is 11.7. The smallest absolute Gasteiger partial charge is 0.196 e. The van der Waals surface area contributed by atoms with E-state index in [0.29, 0.717) is 10.6 Å². The van der Waals surface area contributed by atoms with Gasteiger partial charge in [-0.2, -0.15) is 0 Å². The zero-order chi connectivity index (χ0) is 14.5. The molecular formula is C17H13ClO2. The monoisotopic (exact) mass is 284 g/mol. The van der Waals surface area contributed by atoms with E-state index in [1.54, 1.807) is 54.6 Å². The van der Waals surface area contributed by atoms with Crippen LogP contribution in [-0.4, -0.2) is 11.6 Å². The SMILES string of the molecule is CC(=O)C(=Cc1cccc(Cl)c1)C(=O)c1ccccc1. The Morgan fingerprint density at radius 3 is 2.30 bits per heavy atom. The first-order valence-corrected chi connectivity index (χ1v) is 6.53. The molecule has 0 saturated carbocycles. The molecular weight excluding hydrogens is 272 g/mol. The van der Waals surface area contributed by atoms with Crippen LogP contribution in [0.25, 0.3) is 6.08 Å². The molecule has 0 heterocycles. The molecule has 0 spiro atoms. The van der Waals surface area contributed by atoms with Crippen LogP contribution in [0.5, 0.6) is 0 Å². The van der Waals surface area contributed by atoms with E-state index in [9.17, 15) is 9.59 Å². The lowest BCUT2D eigenvalue weighted by Crippen LogP contribution is -2.10. The molecule has 0 aromatic heterocycles. The van der Waals surface area contributed by atoms with Gasteiger partial charge in [0.2, 0.25) is 0 Å². The van der Waals surface area contributed by atoms with Gasteiger partial charge in [0, 0.05) is 10.6 Å².